The van der Waals surface area contributed by atoms with E-state index in [0.29, 0.717) is 0 Å². The van der Waals surface area contributed by atoms with Gasteiger partial charge in [0.25, 0.3) is 10.1 Å². The van der Waals surface area contributed by atoms with E-state index < -0.39 is 10.1 Å². The average molecular weight is 197 g/mol. The molecule has 3 N–H and O–H groups in total. The maximum atomic E-state index is 9.56. The summed E-state index contributed by atoms with van der Waals surface area (Å²) in [7, 11) is -3.66. The molecule has 0 aromatic rings. The molecule has 0 fully saturated rings. The van der Waals surface area contributed by atoms with Crippen LogP contribution in [0, 0.1) is 0 Å². The van der Waals surface area contributed by atoms with Gasteiger partial charge < -0.3 is 5.73 Å². The minimum absolute atomic E-state index is 0.201. The Morgan fingerprint density at radius 1 is 1.25 bits per heavy atom. The molecule has 0 spiro atoms. The highest BCUT2D eigenvalue weighted by Crippen LogP contribution is 1.88. The zero-order valence-corrected chi connectivity index (χ0v) is 8.60. The summed E-state index contributed by atoms with van der Waals surface area (Å²) in [4.78, 5) is 0. The topological polar surface area (TPSA) is 80.4 Å². The maximum absolute atomic E-state index is 9.56. The number of hydrogen-bond donors (Lipinski definition) is 2. The lowest BCUT2D eigenvalue weighted by Crippen LogP contribution is -1.97. The Bertz CT molecular complexity index is 161. The van der Waals surface area contributed by atoms with Crippen LogP contribution in [0.4, 0.5) is 0 Å². The van der Waals surface area contributed by atoms with E-state index in [1.165, 1.54) is 26.2 Å². The van der Waals surface area contributed by atoms with Gasteiger partial charge in [-0.3, -0.25) is 4.55 Å². The molecule has 0 saturated heterocycles. The molecule has 5 heteroatoms. The minimum atomic E-state index is -3.66. The molecule has 0 rings (SSSR count). The molecule has 0 bridgehead atoms. The van der Waals surface area contributed by atoms with Crippen molar-refractivity contribution in [3.8, 4) is 0 Å². The molecule has 0 aliphatic heterocycles. The van der Waals surface area contributed by atoms with Crippen molar-refractivity contribution in [3.05, 3.63) is 0 Å². The van der Waals surface area contributed by atoms with Crippen LogP contribution < -0.4 is 5.73 Å². The van der Waals surface area contributed by atoms with Crippen molar-refractivity contribution in [2.24, 2.45) is 5.73 Å². The molecule has 4 nitrogen and oxygen atoms in total. The van der Waals surface area contributed by atoms with Gasteiger partial charge >= 0.3 is 0 Å². The summed E-state index contributed by atoms with van der Waals surface area (Å²) in [5.74, 6) is -0.201. The molecule has 12 heavy (non-hydrogen) atoms. The predicted molar refractivity (Wildman–Crippen MR) is 50.7 cm³/mol. The first-order valence-corrected chi connectivity index (χ1v) is 5.74. The highest BCUT2D eigenvalue weighted by atomic mass is 32.2. The lowest BCUT2D eigenvalue weighted by Gasteiger charge is -1.86. The molecule has 0 aromatic heterocycles. The van der Waals surface area contributed by atoms with E-state index in [1.807, 2.05) is 0 Å². The lowest BCUT2D eigenvalue weighted by molar-refractivity contribution is 0.484. The zero-order valence-electron chi connectivity index (χ0n) is 7.78. The molecular formula is C7H19NO3S. The van der Waals surface area contributed by atoms with E-state index >= 15 is 0 Å². The standard InChI is InChI=1S/C5H13N.C2H6O3S/c1-2-3-4-5-6;1-2-6(3,4)5/h2-6H2,1H3;2H2,1H3,(H,3,4,5). The monoisotopic (exact) mass is 197 g/mol. The van der Waals surface area contributed by atoms with Crippen LogP contribution in [-0.4, -0.2) is 25.3 Å². The Balaban J connectivity index is 0. The van der Waals surface area contributed by atoms with Crippen molar-refractivity contribution in [1.82, 2.24) is 0 Å². The van der Waals surface area contributed by atoms with Gasteiger partial charge in [-0.1, -0.05) is 19.8 Å². The molecule has 0 amide bonds. The fourth-order valence-electron chi connectivity index (χ4n) is 0.394. The summed E-state index contributed by atoms with van der Waals surface area (Å²) < 4.78 is 26.9. The first-order valence-electron chi connectivity index (χ1n) is 4.13. The summed E-state index contributed by atoms with van der Waals surface area (Å²) in [6.07, 6.45) is 3.75. The highest BCUT2D eigenvalue weighted by Gasteiger charge is 1.93. The van der Waals surface area contributed by atoms with Crippen LogP contribution in [0.3, 0.4) is 0 Å². The number of hydrogen-bond acceptors (Lipinski definition) is 3. The van der Waals surface area contributed by atoms with Crippen LogP contribution in [0.5, 0.6) is 0 Å². The van der Waals surface area contributed by atoms with Gasteiger partial charge in [0.2, 0.25) is 0 Å². The third kappa shape index (κ3) is 22.5. The summed E-state index contributed by atoms with van der Waals surface area (Å²) in [5, 5.41) is 0. The van der Waals surface area contributed by atoms with Crippen LogP contribution in [0.1, 0.15) is 33.1 Å². The van der Waals surface area contributed by atoms with Gasteiger partial charge in [-0.05, 0) is 19.9 Å². The van der Waals surface area contributed by atoms with Crippen molar-refractivity contribution in [1.29, 1.82) is 0 Å². The Morgan fingerprint density at radius 2 is 1.67 bits per heavy atom. The van der Waals surface area contributed by atoms with Gasteiger partial charge in [0.1, 0.15) is 0 Å². The second-order valence-corrected chi connectivity index (χ2v) is 4.11. The van der Waals surface area contributed by atoms with Crippen molar-refractivity contribution in [2.45, 2.75) is 33.1 Å². The molecule has 0 atom stereocenters. The SMILES string of the molecule is CCCCCN.CCS(=O)(=O)O. The molecule has 0 aliphatic rings. The van der Waals surface area contributed by atoms with E-state index in [0.717, 1.165) is 6.54 Å². The Morgan fingerprint density at radius 3 is 1.75 bits per heavy atom. The van der Waals surface area contributed by atoms with Crippen LogP contribution in [0.2, 0.25) is 0 Å². The van der Waals surface area contributed by atoms with Crippen LogP contribution in [0.25, 0.3) is 0 Å². The molecule has 0 aliphatic carbocycles. The van der Waals surface area contributed by atoms with Crippen molar-refractivity contribution in [3.63, 3.8) is 0 Å². The maximum Gasteiger partial charge on any atom is 0.264 e. The van der Waals surface area contributed by atoms with E-state index in [1.54, 1.807) is 0 Å². The molecule has 0 heterocycles. The highest BCUT2D eigenvalue weighted by molar-refractivity contribution is 7.85. The number of nitrogens with two attached hydrogens (primary N) is 1. The van der Waals surface area contributed by atoms with Crippen molar-refractivity contribution in [2.75, 3.05) is 12.3 Å². The zero-order chi connectivity index (χ0) is 10.0. The Kier molecular flexibility index (Phi) is 10.8. The third-order valence-corrected chi connectivity index (χ3v) is 1.90. The van der Waals surface area contributed by atoms with Gasteiger partial charge in [-0.2, -0.15) is 8.42 Å². The van der Waals surface area contributed by atoms with Gasteiger partial charge in [-0.15, -0.1) is 0 Å². The first-order chi connectivity index (χ1) is 5.47. The van der Waals surface area contributed by atoms with E-state index in [4.69, 9.17) is 10.3 Å². The largest absolute Gasteiger partial charge is 0.330 e. The first kappa shape index (κ1) is 14.4. The van der Waals surface area contributed by atoms with Gasteiger partial charge in [0, 0.05) is 0 Å². The minimum Gasteiger partial charge on any atom is -0.330 e. The molecule has 0 radical (unpaired) electrons. The Hall–Kier alpha value is -0.130. The van der Waals surface area contributed by atoms with Crippen molar-refractivity contribution < 1.29 is 13.0 Å². The van der Waals surface area contributed by atoms with E-state index in [2.05, 4.69) is 6.92 Å². The number of unbranched alkanes of at least 4 members (excludes halogenated alkanes) is 2. The Labute approximate surface area is 74.9 Å². The molecule has 76 valence electrons. The van der Waals surface area contributed by atoms with Crippen molar-refractivity contribution >= 4 is 10.1 Å². The van der Waals surface area contributed by atoms with Crippen LogP contribution >= 0.6 is 0 Å². The summed E-state index contributed by atoms with van der Waals surface area (Å²) >= 11 is 0. The summed E-state index contributed by atoms with van der Waals surface area (Å²) in [6, 6.07) is 0. The fourth-order valence-corrected chi connectivity index (χ4v) is 0.394. The molecule has 0 aromatic carbocycles. The quantitative estimate of drug-likeness (QED) is 0.521. The lowest BCUT2D eigenvalue weighted by atomic mass is 10.3. The van der Waals surface area contributed by atoms with E-state index in [9.17, 15) is 8.42 Å². The molecular weight excluding hydrogens is 178 g/mol. The van der Waals surface area contributed by atoms with Crippen LogP contribution in [0.15, 0.2) is 0 Å². The molecule has 0 saturated carbocycles. The summed E-state index contributed by atoms with van der Waals surface area (Å²) in [6.45, 7) is 4.40. The smallest absolute Gasteiger partial charge is 0.264 e. The third-order valence-electron chi connectivity index (χ3n) is 1.17. The van der Waals surface area contributed by atoms with Crippen LogP contribution in [-0.2, 0) is 10.1 Å². The predicted octanol–water partition coefficient (Wildman–Crippen LogP) is 1.03. The second kappa shape index (κ2) is 8.96. The van der Waals surface area contributed by atoms with Gasteiger partial charge in [0.15, 0.2) is 0 Å². The second-order valence-electron chi connectivity index (χ2n) is 2.37. The summed E-state index contributed by atoms with van der Waals surface area (Å²) in [5.41, 5.74) is 5.21. The average Bonchev–Trinajstić information content (AvgIpc) is 2.01. The van der Waals surface area contributed by atoms with Gasteiger partial charge in [-0.25, -0.2) is 0 Å². The normalized spacial score (nSPS) is 10.3. The fraction of sp³-hybridized carbons (Fsp3) is 1.00. The van der Waals surface area contributed by atoms with Gasteiger partial charge in [0.05, 0.1) is 5.75 Å². The molecule has 0 unspecified atom stereocenters. The number of rotatable bonds is 4. The van der Waals surface area contributed by atoms with E-state index in [-0.39, 0.29) is 5.75 Å².